The Bertz CT molecular complexity index is 672. The van der Waals surface area contributed by atoms with Crippen LogP contribution in [0, 0.1) is 13.8 Å². The number of benzene rings is 2. The van der Waals surface area contributed by atoms with Crippen molar-refractivity contribution in [2.24, 2.45) is 0 Å². The van der Waals surface area contributed by atoms with Gasteiger partial charge in [0.2, 0.25) is 0 Å². The van der Waals surface area contributed by atoms with Gasteiger partial charge in [-0.1, -0.05) is 41.4 Å². The lowest BCUT2D eigenvalue weighted by atomic mass is 10.1. The molecule has 2 nitrogen and oxygen atoms in total. The van der Waals surface area contributed by atoms with E-state index in [-0.39, 0.29) is 0 Å². The van der Waals surface area contributed by atoms with Gasteiger partial charge in [-0.2, -0.15) is 11.8 Å². The molecule has 0 spiro atoms. The number of anilines is 1. The molecule has 0 aliphatic carbocycles. The summed E-state index contributed by atoms with van der Waals surface area (Å²) in [5.41, 5.74) is 4.84. The zero-order chi connectivity index (χ0) is 17.4. The minimum absolute atomic E-state index is 0.685. The third-order valence-corrected chi connectivity index (χ3v) is 5.18. The van der Waals surface area contributed by atoms with Gasteiger partial charge < -0.3 is 10.6 Å². The molecule has 0 bridgehead atoms. The number of rotatable bonds is 7. The largest absolute Gasteiger partial charge is 0.362 e. The molecule has 0 atom stereocenters. The van der Waals surface area contributed by atoms with Crippen molar-refractivity contribution in [2.75, 3.05) is 17.6 Å². The van der Waals surface area contributed by atoms with E-state index in [4.69, 9.17) is 23.8 Å². The van der Waals surface area contributed by atoms with E-state index < -0.39 is 0 Å². The van der Waals surface area contributed by atoms with Gasteiger partial charge in [-0.05, 0) is 67.6 Å². The van der Waals surface area contributed by atoms with Crippen LogP contribution in [0.1, 0.15) is 23.1 Å². The highest BCUT2D eigenvalue weighted by atomic mass is 35.5. The second-order valence-corrected chi connectivity index (χ2v) is 7.68. The summed E-state index contributed by atoms with van der Waals surface area (Å²) in [7, 11) is 0. The number of nitrogens with one attached hydrogen (secondary N) is 2. The van der Waals surface area contributed by atoms with Gasteiger partial charge in [0.25, 0.3) is 0 Å². The lowest BCUT2D eigenvalue weighted by molar-refractivity contribution is 0.854. The third-order valence-electron chi connectivity index (χ3n) is 3.56. The fraction of sp³-hybridized carbons (Fsp3) is 0.316. The number of hydrogen-bond acceptors (Lipinski definition) is 2. The summed E-state index contributed by atoms with van der Waals surface area (Å²) in [6.45, 7) is 5.06. The smallest absolute Gasteiger partial charge is 0.170 e. The first-order chi connectivity index (χ1) is 11.5. The lowest BCUT2D eigenvalue weighted by Gasteiger charge is -2.13. The molecule has 0 unspecified atom stereocenters. The van der Waals surface area contributed by atoms with Gasteiger partial charge in [0.15, 0.2) is 5.11 Å². The van der Waals surface area contributed by atoms with Gasteiger partial charge in [-0.15, -0.1) is 0 Å². The fourth-order valence-corrected chi connectivity index (χ4v) is 3.53. The molecule has 2 aromatic rings. The Morgan fingerprint density at radius 1 is 1.12 bits per heavy atom. The lowest BCUT2D eigenvalue weighted by Crippen LogP contribution is -2.29. The van der Waals surface area contributed by atoms with Crippen molar-refractivity contribution in [1.29, 1.82) is 0 Å². The number of halogens is 1. The van der Waals surface area contributed by atoms with Crippen LogP contribution in [0.15, 0.2) is 42.5 Å². The Morgan fingerprint density at radius 2 is 1.88 bits per heavy atom. The maximum absolute atomic E-state index is 5.89. The Morgan fingerprint density at radius 3 is 2.58 bits per heavy atom. The first kappa shape index (κ1) is 19.1. The predicted octanol–water partition coefficient (Wildman–Crippen LogP) is 5.57. The van der Waals surface area contributed by atoms with Gasteiger partial charge in [0.05, 0.1) is 0 Å². The highest BCUT2D eigenvalue weighted by Crippen LogP contribution is 2.17. The third kappa shape index (κ3) is 6.71. The van der Waals surface area contributed by atoms with E-state index in [2.05, 4.69) is 54.8 Å². The molecule has 0 saturated carbocycles. The summed E-state index contributed by atoms with van der Waals surface area (Å²) in [5.74, 6) is 2.12. The van der Waals surface area contributed by atoms with Crippen LogP contribution in [0.4, 0.5) is 5.69 Å². The van der Waals surface area contributed by atoms with Crippen LogP contribution >= 0.6 is 35.6 Å². The maximum atomic E-state index is 5.89. The molecule has 5 heteroatoms. The number of thiocarbonyl (C=S) groups is 1. The number of aryl methyl sites for hydroxylation is 2. The van der Waals surface area contributed by atoms with Crippen LogP contribution in [0.25, 0.3) is 0 Å². The van der Waals surface area contributed by atoms with E-state index in [1.54, 1.807) is 0 Å². The van der Waals surface area contributed by atoms with Gasteiger partial charge in [0, 0.05) is 23.0 Å². The van der Waals surface area contributed by atoms with Crippen LogP contribution in [-0.4, -0.2) is 17.4 Å². The average Bonchev–Trinajstić information content (AvgIpc) is 2.55. The highest BCUT2D eigenvalue weighted by molar-refractivity contribution is 7.98. The molecule has 0 fully saturated rings. The SMILES string of the molecule is Cc1ccc(NC(=S)NCCCSCc2ccc(Cl)cc2)c(C)c1. The van der Waals surface area contributed by atoms with Crippen molar-refractivity contribution < 1.29 is 0 Å². The first-order valence-electron chi connectivity index (χ1n) is 7.99. The van der Waals surface area contributed by atoms with E-state index in [0.29, 0.717) is 5.11 Å². The molecule has 0 aliphatic heterocycles. The minimum atomic E-state index is 0.685. The zero-order valence-electron chi connectivity index (χ0n) is 14.1. The highest BCUT2D eigenvalue weighted by Gasteiger charge is 2.01. The van der Waals surface area contributed by atoms with Gasteiger partial charge >= 0.3 is 0 Å². The maximum Gasteiger partial charge on any atom is 0.170 e. The van der Waals surface area contributed by atoms with Crippen molar-refractivity contribution in [3.8, 4) is 0 Å². The van der Waals surface area contributed by atoms with E-state index in [1.807, 2.05) is 23.9 Å². The quantitative estimate of drug-likeness (QED) is 0.486. The molecule has 24 heavy (non-hydrogen) atoms. The Labute approximate surface area is 159 Å². The molecule has 2 aromatic carbocycles. The summed E-state index contributed by atoms with van der Waals surface area (Å²) < 4.78 is 0. The molecule has 128 valence electrons. The topological polar surface area (TPSA) is 24.1 Å². The van der Waals surface area contributed by atoms with Crippen molar-refractivity contribution in [3.05, 3.63) is 64.2 Å². The second kappa shape index (κ2) is 9.92. The average molecular weight is 379 g/mol. The summed E-state index contributed by atoms with van der Waals surface area (Å²) in [5, 5.41) is 8.00. The molecule has 2 rings (SSSR count). The zero-order valence-corrected chi connectivity index (χ0v) is 16.5. The second-order valence-electron chi connectivity index (χ2n) is 5.73. The summed E-state index contributed by atoms with van der Waals surface area (Å²) in [6, 6.07) is 14.4. The molecule has 0 heterocycles. The van der Waals surface area contributed by atoms with Crippen LogP contribution in [0.5, 0.6) is 0 Å². The van der Waals surface area contributed by atoms with Crippen molar-refractivity contribution in [1.82, 2.24) is 5.32 Å². The van der Waals surface area contributed by atoms with E-state index in [1.165, 1.54) is 16.7 Å². The normalized spacial score (nSPS) is 10.5. The summed E-state index contributed by atoms with van der Waals surface area (Å²) in [4.78, 5) is 0. The van der Waals surface area contributed by atoms with Gasteiger partial charge in [-0.25, -0.2) is 0 Å². The number of hydrogen-bond donors (Lipinski definition) is 2. The Hall–Kier alpha value is -1.23. The standard InChI is InChI=1S/C19H23ClN2S2/c1-14-4-9-18(15(2)12-14)22-19(23)21-10-3-11-24-13-16-5-7-17(20)8-6-16/h4-9,12H,3,10-11,13H2,1-2H3,(H2,21,22,23). The van der Waals surface area contributed by atoms with Crippen LogP contribution in [0.3, 0.4) is 0 Å². The molecule has 0 aromatic heterocycles. The molecular formula is C19H23ClN2S2. The summed E-state index contributed by atoms with van der Waals surface area (Å²) in [6.07, 6.45) is 1.08. The molecule has 0 radical (unpaired) electrons. The van der Waals surface area contributed by atoms with Gasteiger partial charge in [0.1, 0.15) is 0 Å². The molecule has 0 amide bonds. The minimum Gasteiger partial charge on any atom is -0.362 e. The van der Waals surface area contributed by atoms with Gasteiger partial charge in [-0.3, -0.25) is 0 Å². The monoisotopic (exact) mass is 378 g/mol. The molecular weight excluding hydrogens is 356 g/mol. The Balaban J connectivity index is 1.60. The predicted molar refractivity (Wildman–Crippen MR) is 112 cm³/mol. The number of thioether (sulfide) groups is 1. The molecule has 2 N–H and O–H groups in total. The van der Waals surface area contributed by atoms with Crippen molar-refractivity contribution in [3.63, 3.8) is 0 Å². The van der Waals surface area contributed by atoms with E-state index in [0.717, 1.165) is 35.2 Å². The molecule has 0 saturated heterocycles. The van der Waals surface area contributed by atoms with Crippen molar-refractivity contribution in [2.45, 2.75) is 26.0 Å². The van der Waals surface area contributed by atoms with E-state index in [9.17, 15) is 0 Å². The van der Waals surface area contributed by atoms with Crippen LogP contribution in [0.2, 0.25) is 5.02 Å². The molecule has 0 aliphatic rings. The van der Waals surface area contributed by atoms with E-state index >= 15 is 0 Å². The Kier molecular flexibility index (Phi) is 7.89. The summed E-state index contributed by atoms with van der Waals surface area (Å²) >= 11 is 13.2. The van der Waals surface area contributed by atoms with Crippen LogP contribution < -0.4 is 10.6 Å². The van der Waals surface area contributed by atoms with Crippen LogP contribution in [-0.2, 0) is 5.75 Å². The van der Waals surface area contributed by atoms with Crippen molar-refractivity contribution >= 4 is 46.4 Å². The fourth-order valence-electron chi connectivity index (χ4n) is 2.27. The first-order valence-corrected chi connectivity index (χ1v) is 9.93.